The second kappa shape index (κ2) is 4.23. The Bertz CT molecular complexity index is 621. The van der Waals surface area contributed by atoms with E-state index in [-0.39, 0.29) is 16.1 Å². The Labute approximate surface area is 102 Å². The van der Waals surface area contributed by atoms with Crippen LogP contribution in [0, 0.1) is 10.1 Å². The average Bonchev–Trinajstić information content (AvgIpc) is 2.71. The number of hydrogen-bond acceptors (Lipinski definition) is 5. The molecule has 0 aliphatic heterocycles. The van der Waals surface area contributed by atoms with Crippen molar-refractivity contribution in [2.45, 2.75) is 6.18 Å². The number of aromatic nitrogens is 2. The lowest BCUT2D eigenvalue weighted by molar-refractivity contribution is -0.688. The third-order valence-electron chi connectivity index (χ3n) is 2.18. The largest absolute Gasteiger partial charge is 0.539 e. The van der Waals surface area contributed by atoms with Crippen LogP contribution >= 0.6 is 0 Å². The van der Waals surface area contributed by atoms with E-state index < -0.39 is 22.7 Å². The lowest BCUT2D eigenvalue weighted by atomic mass is 10.3. The van der Waals surface area contributed by atoms with Crippen molar-refractivity contribution in [3.8, 4) is 11.6 Å². The minimum atomic E-state index is -4.95. The summed E-state index contributed by atoms with van der Waals surface area (Å²) < 4.78 is 42.0. The molecule has 0 unspecified atom stereocenters. The van der Waals surface area contributed by atoms with Crippen LogP contribution in [0.1, 0.15) is 5.69 Å². The average molecular weight is 275 g/mol. The normalized spacial score (nSPS) is 11.5. The number of halogens is 3. The van der Waals surface area contributed by atoms with Gasteiger partial charge in [0.2, 0.25) is 5.69 Å². The van der Waals surface area contributed by atoms with Gasteiger partial charge < -0.3 is 9.63 Å². The van der Waals surface area contributed by atoms with Crippen LogP contribution in [0.5, 0.6) is 5.95 Å². The van der Waals surface area contributed by atoms with Crippen molar-refractivity contribution in [1.82, 2.24) is 5.27 Å². The van der Waals surface area contributed by atoms with E-state index in [9.17, 15) is 28.4 Å². The number of alkyl halides is 3. The zero-order chi connectivity index (χ0) is 14.2. The summed E-state index contributed by atoms with van der Waals surface area (Å²) in [6.45, 7) is 0. The molecule has 2 rings (SSSR count). The summed E-state index contributed by atoms with van der Waals surface area (Å²) in [6, 6.07) is 4.02. The maximum atomic E-state index is 12.6. The Morgan fingerprint density at radius 2 is 1.84 bits per heavy atom. The maximum Gasteiger partial charge on any atom is 0.482 e. The number of nitro groups is 1. The van der Waals surface area contributed by atoms with E-state index in [0.717, 1.165) is 24.3 Å². The fourth-order valence-corrected chi connectivity index (χ4v) is 1.38. The molecule has 0 fully saturated rings. The van der Waals surface area contributed by atoms with E-state index in [4.69, 9.17) is 0 Å². The lowest BCUT2D eigenvalue weighted by Gasteiger charge is -2.01. The Hall–Kier alpha value is -2.65. The van der Waals surface area contributed by atoms with E-state index in [2.05, 4.69) is 9.79 Å². The molecule has 0 amide bonds. The Morgan fingerprint density at radius 1 is 1.26 bits per heavy atom. The number of non-ortho nitro benzene ring substituents is 1. The molecule has 0 radical (unpaired) electrons. The molecular formula is C9H4F3N3O4. The van der Waals surface area contributed by atoms with Crippen LogP contribution in [0.4, 0.5) is 18.9 Å². The third kappa shape index (κ3) is 2.32. The quantitative estimate of drug-likeness (QED) is 0.462. The van der Waals surface area contributed by atoms with E-state index in [1.54, 1.807) is 0 Å². The molecule has 19 heavy (non-hydrogen) atoms. The number of nitrogens with zero attached hydrogens (tertiary/aromatic N) is 3. The van der Waals surface area contributed by atoms with E-state index in [1.807, 2.05) is 0 Å². The highest BCUT2D eigenvalue weighted by Gasteiger charge is 2.46. The zero-order valence-corrected chi connectivity index (χ0v) is 8.92. The Kier molecular flexibility index (Phi) is 2.85. The molecule has 100 valence electrons. The monoisotopic (exact) mass is 275 g/mol. The van der Waals surface area contributed by atoms with Crippen molar-refractivity contribution in [3.05, 3.63) is 40.1 Å². The first kappa shape index (κ1) is 12.8. The molecule has 0 bridgehead atoms. The number of rotatable bonds is 2. The van der Waals surface area contributed by atoms with Gasteiger partial charge in [-0.25, -0.2) is 0 Å². The van der Waals surface area contributed by atoms with Crippen molar-refractivity contribution in [1.29, 1.82) is 0 Å². The van der Waals surface area contributed by atoms with E-state index in [0.29, 0.717) is 0 Å². The van der Waals surface area contributed by atoms with Gasteiger partial charge in [0.05, 0.1) is 10.2 Å². The Morgan fingerprint density at radius 3 is 2.32 bits per heavy atom. The molecule has 7 nitrogen and oxygen atoms in total. The number of hydrogen-bond donors (Lipinski definition) is 0. The number of benzene rings is 1. The standard InChI is InChI=1S/C9H4F3N3O4/c10-9(11,12)7-8(16)19-13-14(7)5-1-3-6(4-2-5)15(17)18/h1-4H. The minimum absolute atomic E-state index is 0.177. The molecule has 10 heteroatoms. The van der Waals surface area contributed by atoms with Gasteiger partial charge in [0.15, 0.2) is 5.95 Å². The molecule has 1 aromatic heterocycles. The highest BCUT2D eigenvalue weighted by Crippen LogP contribution is 2.31. The van der Waals surface area contributed by atoms with E-state index in [1.165, 1.54) is 0 Å². The summed E-state index contributed by atoms with van der Waals surface area (Å²) in [5, 5.41) is 24.3. The Balaban J connectivity index is 2.51. The molecule has 0 aliphatic carbocycles. The molecule has 1 aromatic carbocycles. The summed E-state index contributed by atoms with van der Waals surface area (Å²) >= 11 is 0. The van der Waals surface area contributed by atoms with Crippen LogP contribution in [0.15, 0.2) is 28.8 Å². The van der Waals surface area contributed by atoms with Gasteiger partial charge in [-0.05, 0) is 4.68 Å². The molecule has 2 aromatic rings. The van der Waals surface area contributed by atoms with Gasteiger partial charge in [0, 0.05) is 24.3 Å². The predicted molar refractivity (Wildman–Crippen MR) is 49.1 cm³/mol. The smallest absolute Gasteiger partial charge is 0.482 e. The predicted octanol–water partition coefficient (Wildman–Crippen LogP) is 0.952. The van der Waals surface area contributed by atoms with E-state index >= 15 is 0 Å². The van der Waals surface area contributed by atoms with Crippen molar-refractivity contribution in [2.24, 2.45) is 0 Å². The topological polar surface area (TPSA) is 96.1 Å². The third-order valence-corrected chi connectivity index (χ3v) is 2.18. The van der Waals surface area contributed by atoms with Crippen LogP contribution in [0.25, 0.3) is 5.69 Å². The van der Waals surface area contributed by atoms with Gasteiger partial charge in [-0.2, -0.15) is 13.2 Å². The van der Waals surface area contributed by atoms with Crippen LogP contribution in [-0.2, 0) is 6.18 Å². The van der Waals surface area contributed by atoms with Gasteiger partial charge in [0.25, 0.3) is 5.69 Å². The maximum absolute atomic E-state index is 12.6. The second-order valence-electron chi connectivity index (χ2n) is 3.39. The fraction of sp³-hybridized carbons (Fsp3) is 0.111. The van der Waals surface area contributed by atoms with Gasteiger partial charge >= 0.3 is 11.9 Å². The summed E-state index contributed by atoms with van der Waals surface area (Å²) in [7, 11) is 0. The summed E-state index contributed by atoms with van der Waals surface area (Å²) in [6.07, 6.45) is -4.95. The minimum Gasteiger partial charge on any atom is -0.539 e. The molecule has 0 spiro atoms. The van der Waals surface area contributed by atoms with Crippen molar-refractivity contribution < 1.29 is 32.4 Å². The van der Waals surface area contributed by atoms with Crippen LogP contribution in [0.3, 0.4) is 0 Å². The highest BCUT2D eigenvalue weighted by molar-refractivity contribution is 5.36. The van der Waals surface area contributed by atoms with Crippen LogP contribution < -0.4 is 9.79 Å². The highest BCUT2D eigenvalue weighted by atomic mass is 19.4. The molecule has 0 atom stereocenters. The van der Waals surface area contributed by atoms with Gasteiger partial charge in [-0.1, -0.05) is 0 Å². The first-order valence-electron chi connectivity index (χ1n) is 4.72. The summed E-state index contributed by atoms with van der Waals surface area (Å²) in [5.41, 5.74) is -2.09. The first-order valence-corrected chi connectivity index (χ1v) is 4.72. The summed E-state index contributed by atoms with van der Waals surface area (Å²) in [5.74, 6) is -1.63. The number of nitro benzene ring substituents is 1. The van der Waals surface area contributed by atoms with Crippen molar-refractivity contribution in [2.75, 3.05) is 0 Å². The molecule has 1 heterocycles. The van der Waals surface area contributed by atoms with Crippen LogP contribution in [-0.4, -0.2) is 10.2 Å². The zero-order valence-electron chi connectivity index (χ0n) is 8.92. The van der Waals surface area contributed by atoms with Crippen molar-refractivity contribution >= 4 is 5.69 Å². The second-order valence-corrected chi connectivity index (χ2v) is 3.39. The van der Waals surface area contributed by atoms with Gasteiger partial charge in [-0.15, -0.1) is 0 Å². The molecular weight excluding hydrogens is 271 g/mol. The summed E-state index contributed by atoms with van der Waals surface area (Å²) in [4.78, 5) is 9.71. The first-order chi connectivity index (χ1) is 8.80. The van der Waals surface area contributed by atoms with Gasteiger partial charge in [-0.3, -0.25) is 10.1 Å². The SMILES string of the molecule is O=[N+]([O-])c1ccc(-[n+]2noc([O-])c2C(F)(F)F)cc1. The van der Waals surface area contributed by atoms with Crippen molar-refractivity contribution in [3.63, 3.8) is 0 Å². The molecule has 0 saturated heterocycles. The molecule has 0 aliphatic rings. The lowest BCUT2D eigenvalue weighted by Crippen LogP contribution is -2.40. The molecule has 0 saturated carbocycles. The van der Waals surface area contributed by atoms with Gasteiger partial charge in [0.1, 0.15) is 0 Å². The van der Waals surface area contributed by atoms with Crippen LogP contribution in [0.2, 0.25) is 0 Å². The molecule has 0 N–H and O–H groups in total. The fourth-order valence-electron chi connectivity index (χ4n) is 1.38.